The minimum absolute atomic E-state index is 0.308. The van der Waals surface area contributed by atoms with E-state index in [4.69, 9.17) is 13.8 Å². The zero-order chi connectivity index (χ0) is 9.78. The number of halogens is 1. The molecular formula is C6H12BrO4P. The van der Waals surface area contributed by atoms with Gasteiger partial charge < -0.3 is 13.8 Å². The van der Waals surface area contributed by atoms with E-state index in [-0.39, 0.29) is 0 Å². The molecule has 0 aromatic heterocycles. The van der Waals surface area contributed by atoms with Crippen molar-refractivity contribution in [1.29, 1.82) is 0 Å². The van der Waals surface area contributed by atoms with Gasteiger partial charge in [0.05, 0.1) is 7.11 Å². The van der Waals surface area contributed by atoms with E-state index < -0.39 is 7.60 Å². The summed E-state index contributed by atoms with van der Waals surface area (Å²) >= 11 is 3.09. The Hall–Kier alpha value is 0.170. The van der Waals surface area contributed by atoms with Gasteiger partial charge in [-0.05, 0) is 22.9 Å². The summed E-state index contributed by atoms with van der Waals surface area (Å²) in [5.41, 5.74) is 0. The van der Waals surface area contributed by atoms with E-state index in [2.05, 4.69) is 15.9 Å². The Kier molecular flexibility index (Phi) is 5.09. The summed E-state index contributed by atoms with van der Waals surface area (Å²) in [5, 5.41) is 0. The van der Waals surface area contributed by atoms with Crippen molar-refractivity contribution >= 4 is 23.5 Å². The third kappa shape index (κ3) is 2.59. The molecule has 6 heteroatoms. The molecule has 72 valence electrons. The lowest BCUT2D eigenvalue weighted by atomic mass is 10.7. The number of hydrogen-bond donors (Lipinski definition) is 0. The van der Waals surface area contributed by atoms with Gasteiger partial charge in [0.15, 0.2) is 0 Å². The number of hydrogen-bond acceptors (Lipinski definition) is 4. The summed E-state index contributed by atoms with van der Waals surface area (Å²) in [6.07, 6.45) is 0. The monoisotopic (exact) mass is 258 g/mol. The average Bonchev–Trinajstić information content (AvgIpc) is 2.14. The molecule has 0 heterocycles. The average molecular weight is 259 g/mol. The summed E-state index contributed by atoms with van der Waals surface area (Å²) < 4.78 is 26.2. The van der Waals surface area contributed by atoms with Crippen LogP contribution in [-0.4, -0.2) is 21.3 Å². The van der Waals surface area contributed by atoms with Crippen molar-refractivity contribution in [2.24, 2.45) is 0 Å². The van der Waals surface area contributed by atoms with Crippen LogP contribution in [0.3, 0.4) is 0 Å². The first-order valence-electron chi connectivity index (χ1n) is 3.14. The molecule has 0 saturated carbocycles. The zero-order valence-corrected chi connectivity index (χ0v) is 9.94. The highest BCUT2D eigenvalue weighted by molar-refractivity contribution is 9.13. The van der Waals surface area contributed by atoms with E-state index in [1.165, 1.54) is 21.3 Å². The topological polar surface area (TPSA) is 44.8 Å². The minimum atomic E-state index is -3.17. The van der Waals surface area contributed by atoms with Gasteiger partial charge >= 0.3 is 7.60 Å². The standard InChI is InChI=1S/C6H12BrO4P/c1-5(9-2)6(7)12(8,10-3)11-4/h1-4H3. The van der Waals surface area contributed by atoms with E-state index >= 15 is 0 Å². The van der Waals surface area contributed by atoms with Gasteiger partial charge in [0.1, 0.15) is 9.98 Å². The van der Waals surface area contributed by atoms with Crippen molar-refractivity contribution in [2.45, 2.75) is 6.92 Å². The molecule has 0 spiro atoms. The molecule has 0 aromatic carbocycles. The van der Waals surface area contributed by atoms with Crippen LogP contribution in [0.5, 0.6) is 0 Å². The summed E-state index contributed by atoms with van der Waals surface area (Å²) in [7, 11) is 0.933. The Morgan fingerprint density at radius 1 is 1.25 bits per heavy atom. The Labute approximate surface area is 80.5 Å². The number of rotatable bonds is 4. The van der Waals surface area contributed by atoms with E-state index in [1.807, 2.05) is 0 Å². The Balaban J connectivity index is 4.88. The summed E-state index contributed by atoms with van der Waals surface area (Å²) in [4.78, 5) is 0. The van der Waals surface area contributed by atoms with Gasteiger partial charge in [-0.1, -0.05) is 0 Å². The summed E-state index contributed by atoms with van der Waals surface area (Å²) in [6.45, 7) is 1.66. The molecule has 12 heavy (non-hydrogen) atoms. The van der Waals surface area contributed by atoms with Crippen molar-refractivity contribution < 1.29 is 18.3 Å². The van der Waals surface area contributed by atoms with Crippen LogP contribution >= 0.6 is 23.5 Å². The second-order valence-electron chi connectivity index (χ2n) is 1.91. The van der Waals surface area contributed by atoms with Crippen LogP contribution < -0.4 is 0 Å². The molecule has 0 aliphatic rings. The summed E-state index contributed by atoms with van der Waals surface area (Å²) in [5.74, 6) is 0.474. The van der Waals surface area contributed by atoms with Gasteiger partial charge in [-0.25, -0.2) is 0 Å². The van der Waals surface area contributed by atoms with Crippen LogP contribution in [0.25, 0.3) is 0 Å². The first-order valence-corrected chi connectivity index (χ1v) is 5.47. The van der Waals surface area contributed by atoms with Crippen LogP contribution in [0.4, 0.5) is 0 Å². The fourth-order valence-electron chi connectivity index (χ4n) is 0.512. The predicted octanol–water partition coefficient (Wildman–Crippen LogP) is 2.70. The van der Waals surface area contributed by atoms with Gasteiger partial charge in [-0.2, -0.15) is 0 Å². The van der Waals surface area contributed by atoms with Crippen molar-refractivity contribution in [1.82, 2.24) is 0 Å². The highest BCUT2D eigenvalue weighted by atomic mass is 79.9. The smallest absolute Gasteiger partial charge is 0.371 e. The van der Waals surface area contributed by atoms with Gasteiger partial charge in [0.2, 0.25) is 0 Å². The molecular weight excluding hydrogens is 247 g/mol. The lowest BCUT2D eigenvalue weighted by Crippen LogP contribution is -1.92. The maximum atomic E-state index is 11.6. The molecule has 0 aliphatic carbocycles. The molecule has 0 bridgehead atoms. The quantitative estimate of drug-likeness (QED) is 0.575. The highest BCUT2D eigenvalue weighted by Crippen LogP contribution is 2.58. The number of allylic oxidation sites excluding steroid dienone is 1. The van der Waals surface area contributed by atoms with E-state index in [0.29, 0.717) is 9.98 Å². The minimum Gasteiger partial charge on any atom is -0.500 e. The van der Waals surface area contributed by atoms with Crippen LogP contribution in [0, 0.1) is 0 Å². The molecule has 0 rings (SSSR count). The van der Waals surface area contributed by atoms with Gasteiger partial charge in [-0.3, -0.25) is 4.57 Å². The molecule has 0 N–H and O–H groups in total. The number of ether oxygens (including phenoxy) is 1. The van der Waals surface area contributed by atoms with E-state index in [1.54, 1.807) is 6.92 Å². The van der Waals surface area contributed by atoms with E-state index in [9.17, 15) is 4.57 Å². The number of methoxy groups -OCH3 is 1. The van der Waals surface area contributed by atoms with Crippen LogP contribution in [0.1, 0.15) is 6.92 Å². The lowest BCUT2D eigenvalue weighted by Gasteiger charge is -2.14. The van der Waals surface area contributed by atoms with Gasteiger partial charge in [0, 0.05) is 14.2 Å². The second-order valence-corrected chi connectivity index (χ2v) is 5.49. The van der Waals surface area contributed by atoms with Gasteiger partial charge in [-0.15, -0.1) is 0 Å². The van der Waals surface area contributed by atoms with Crippen molar-refractivity contribution in [2.75, 3.05) is 21.3 Å². The van der Waals surface area contributed by atoms with Crippen molar-refractivity contribution in [3.05, 3.63) is 9.98 Å². The Morgan fingerprint density at radius 2 is 1.67 bits per heavy atom. The molecule has 0 saturated heterocycles. The normalized spacial score (nSPS) is 14.1. The van der Waals surface area contributed by atoms with Crippen LogP contribution in [0.2, 0.25) is 0 Å². The molecule has 0 amide bonds. The lowest BCUT2D eigenvalue weighted by molar-refractivity contribution is 0.273. The SMILES string of the molecule is COC(C)=C(Br)P(=O)(OC)OC. The molecule has 0 fully saturated rings. The molecule has 0 aliphatic heterocycles. The zero-order valence-electron chi connectivity index (χ0n) is 7.46. The molecule has 0 unspecified atom stereocenters. The Morgan fingerprint density at radius 3 is 1.92 bits per heavy atom. The third-order valence-corrected chi connectivity index (χ3v) is 4.94. The van der Waals surface area contributed by atoms with Crippen LogP contribution in [0.15, 0.2) is 9.98 Å². The predicted molar refractivity (Wildman–Crippen MR) is 50.3 cm³/mol. The fourth-order valence-corrected chi connectivity index (χ4v) is 2.49. The fraction of sp³-hybridized carbons (Fsp3) is 0.667. The first kappa shape index (κ1) is 12.2. The van der Waals surface area contributed by atoms with Gasteiger partial charge in [0.25, 0.3) is 0 Å². The third-order valence-electron chi connectivity index (χ3n) is 1.32. The second kappa shape index (κ2) is 5.02. The van der Waals surface area contributed by atoms with Crippen molar-refractivity contribution in [3.63, 3.8) is 0 Å². The summed E-state index contributed by atoms with van der Waals surface area (Å²) in [6, 6.07) is 0. The maximum Gasteiger partial charge on any atom is 0.371 e. The van der Waals surface area contributed by atoms with Crippen LogP contribution in [-0.2, 0) is 18.3 Å². The van der Waals surface area contributed by atoms with Crippen molar-refractivity contribution in [3.8, 4) is 0 Å². The molecule has 0 aromatic rings. The Bertz CT molecular complexity index is 218. The maximum absolute atomic E-state index is 11.6. The largest absolute Gasteiger partial charge is 0.500 e. The molecule has 4 nitrogen and oxygen atoms in total. The van der Waals surface area contributed by atoms with E-state index in [0.717, 1.165) is 0 Å². The first-order chi connectivity index (χ1) is 5.51. The molecule has 0 atom stereocenters. The molecule has 0 radical (unpaired) electrons. The highest BCUT2D eigenvalue weighted by Gasteiger charge is 2.28.